The number of aromatic nitrogens is 4. The number of carbonyl (C=O) groups is 1. The average Bonchev–Trinajstić information content (AvgIpc) is 2.86. The molecule has 2 aromatic heterocycles. The smallest absolute Gasteiger partial charge is 0.274 e. The zero-order valence-corrected chi connectivity index (χ0v) is 14.1. The van der Waals surface area contributed by atoms with Gasteiger partial charge in [0, 0.05) is 36.3 Å². The Morgan fingerprint density at radius 1 is 1.16 bits per heavy atom. The fraction of sp³-hybridized carbons (Fsp3) is 0.333. The fourth-order valence-corrected chi connectivity index (χ4v) is 3.10. The molecule has 0 bridgehead atoms. The maximum atomic E-state index is 12.6. The van der Waals surface area contributed by atoms with E-state index < -0.39 is 0 Å². The van der Waals surface area contributed by atoms with Crippen LogP contribution in [0.4, 0.5) is 0 Å². The van der Waals surface area contributed by atoms with Crippen molar-refractivity contribution < 1.29 is 4.79 Å². The van der Waals surface area contributed by atoms with E-state index in [1.165, 1.54) is 0 Å². The summed E-state index contributed by atoms with van der Waals surface area (Å²) in [7, 11) is 0. The molecule has 25 heavy (non-hydrogen) atoms. The van der Waals surface area contributed by atoms with Crippen LogP contribution in [-0.4, -0.2) is 57.2 Å². The number of hydrogen-bond donors (Lipinski definition) is 2. The number of aryl methyl sites for hydroxylation is 1. The van der Waals surface area contributed by atoms with Crippen molar-refractivity contribution in [3.63, 3.8) is 0 Å². The second-order valence-electron chi connectivity index (χ2n) is 6.26. The van der Waals surface area contributed by atoms with Gasteiger partial charge in [-0.15, -0.1) is 0 Å². The van der Waals surface area contributed by atoms with Crippen LogP contribution in [0.15, 0.2) is 30.6 Å². The lowest BCUT2D eigenvalue weighted by Crippen LogP contribution is -2.34. The molecule has 1 saturated heterocycles. The van der Waals surface area contributed by atoms with Gasteiger partial charge in [0.05, 0.1) is 23.6 Å². The number of aromatic amines is 1. The van der Waals surface area contributed by atoms with E-state index in [-0.39, 0.29) is 5.91 Å². The quantitative estimate of drug-likeness (QED) is 0.745. The molecule has 1 aromatic carbocycles. The first-order valence-electron chi connectivity index (χ1n) is 8.49. The molecular weight excluding hydrogens is 316 g/mol. The van der Waals surface area contributed by atoms with Crippen LogP contribution in [-0.2, 0) is 0 Å². The first-order valence-corrected chi connectivity index (χ1v) is 8.49. The van der Waals surface area contributed by atoms with Crippen molar-refractivity contribution >= 4 is 16.8 Å². The monoisotopic (exact) mass is 336 g/mol. The summed E-state index contributed by atoms with van der Waals surface area (Å²) >= 11 is 0. The lowest BCUT2D eigenvalue weighted by Gasteiger charge is -2.19. The highest BCUT2D eigenvalue weighted by Crippen LogP contribution is 2.23. The van der Waals surface area contributed by atoms with Crippen molar-refractivity contribution in [3.8, 4) is 11.3 Å². The largest absolute Gasteiger partial charge is 0.336 e. The SMILES string of the molecule is Cc1[nH]nc2ccc(-c3cnc(C(=O)N4CCCNCC4)cn3)cc12. The van der Waals surface area contributed by atoms with Crippen molar-refractivity contribution in [3.05, 3.63) is 42.0 Å². The molecule has 1 amide bonds. The van der Waals surface area contributed by atoms with E-state index in [9.17, 15) is 4.79 Å². The zero-order valence-electron chi connectivity index (χ0n) is 14.1. The minimum atomic E-state index is -0.0520. The van der Waals surface area contributed by atoms with Crippen LogP contribution in [0.3, 0.4) is 0 Å². The number of H-pyrrole nitrogens is 1. The number of nitrogens with one attached hydrogen (secondary N) is 2. The van der Waals surface area contributed by atoms with Crippen molar-refractivity contribution in [1.29, 1.82) is 0 Å². The van der Waals surface area contributed by atoms with Gasteiger partial charge in [-0.3, -0.25) is 14.9 Å². The van der Waals surface area contributed by atoms with E-state index in [4.69, 9.17) is 0 Å². The van der Waals surface area contributed by atoms with Gasteiger partial charge in [0.1, 0.15) is 5.69 Å². The zero-order chi connectivity index (χ0) is 17.2. The Morgan fingerprint density at radius 3 is 2.92 bits per heavy atom. The predicted octanol–water partition coefficient (Wildman–Crippen LogP) is 1.76. The van der Waals surface area contributed by atoms with E-state index in [1.807, 2.05) is 30.0 Å². The maximum absolute atomic E-state index is 12.6. The molecule has 2 N–H and O–H groups in total. The van der Waals surface area contributed by atoms with Gasteiger partial charge in [0.15, 0.2) is 0 Å². The molecule has 128 valence electrons. The third-order valence-corrected chi connectivity index (χ3v) is 4.54. The molecule has 1 aliphatic heterocycles. The van der Waals surface area contributed by atoms with E-state index in [0.29, 0.717) is 12.2 Å². The van der Waals surface area contributed by atoms with E-state index in [1.54, 1.807) is 12.4 Å². The van der Waals surface area contributed by atoms with Gasteiger partial charge >= 0.3 is 0 Å². The van der Waals surface area contributed by atoms with Crippen LogP contribution < -0.4 is 5.32 Å². The molecule has 4 rings (SSSR count). The van der Waals surface area contributed by atoms with Crippen molar-refractivity contribution in [1.82, 2.24) is 30.4 Å². The molecule has 3 heterocycles. The minimum Gasteiger partial charge on any atom is -0.336 e. The van der Waals surface area contributed by atoms with E-state index in [0.717, 1.165) is 53.9 Å². The van der Waals surface area contributed by atoms with Crippen LogP contribution in [0.2, 0.25) is 0 Å². The number of fused-ring (bicyclic) bond motifs is 1. The number of rotatable bonds is 2. The van der Waals surface area contributed by atoms with Gasteiger partial charge in [-0.2, -0.15) is 5.10 Å². The standard InChI is InChI=1S/C18H20N6O/c1-12-14-9-13(3-4-15(14)23-22-12)16-10-21-17(11-20-16)18(25)24-7-2-5-19-6-8-24/h3-4,9-11,19H,2,5-8H2,1H3,(H,22,23). The lowest BCUT2D eigenvalue weighted by molar-refractivity contribution is 0.0760. The summed E-state index contributed by atoms with van der Waals surface area (Å²) in [6.45, 7) is 5.22. The third-order valence-electron chi connectivity index (χ3n) is 4.54. The topological polar surface area (TPSA) is 86.8 Å². The summed E-state index contributed by atoms with van der Waals surface area (Å²) in [6, 6.07) is 5.97. The molecule has 0 aliphatic carbocycles. The molecule has 0 spiro atoms. The minimum absolute atomic E-state index is 0.0520. The molecular formula is C18H20N6O. The Kier molecular flexibility index (Phi) is 4.15. The average molecular weight is 336 g/mol. The second-order valence-corrected chi connectivity index (χ2v) is 6.26. The number of hydrogen-bond acceptors (Lipinski definition) is 5. The summed E-state index contributed by atoms with van der Waals surface area (Å²) in [6.07, 6.45) is 4.20. The summed E-state index contributed by atoms with van der Waals surface area (Å²) in [5, 5.41) is 11.6. The van der Waals surface area contributed by atoms with Crippen LogP contribution in [0, 0.1) is 6.92 Å². The first-order chi connectivity index (χ1) is 12.2. The summed E-state index contributed by atoms with van der Waals surface area (Å²) < 4.78 is 0. The van der Waals surface area contributed by atoms with Crippen molar-refractivity contribution in [2.24, 2.45) is 0 Å². The van der Waals surface area contributed by atoms with Gasteiger partial charge in [0.25, 0.3) is 5.91 Å². The Balaban J connectivity index is 1.58. The van der Waals surface area contributed by atoms with Gasteiger partial charge in [0.2, 0.25) is 0 Å². The molecule has 0 radical (unpaired) electrons. The number of amides is 1. The van der Waals surface area contributed by atoms with Crippen LogP contribution >= 0.6 is 0 Å². The summed E-state index contributed by atoms with van der Waals surface area (Å²) in [4.78, 5) is 23.2. The van der Waals surface area contributed by atoms with Crippen LogP contribution in [0.1, 0.15) is 22.6 Å². The number of benzene rings is 1. The number of carbonyl (C=O) groups excluding carboxylic acids is 1. The Bertz CT molecular complexity index is 894. The van der Waals surface area contributed by atoms with Gasteiger partial charge in [-0.1, -0.05) is 6.07 Å². The third kappa shape index (κ3) is 3.10. The molecule has 1 fully saturated rings. The van der Waals surface area contributed by atoms with Crippen LogP contribution in [0.5, 0.6) is 0 Å². The Hall–Kier alpha value is -2.80. The molecule has 7 nitrogen and oxygen atoms in total. The van der Waals surface area contributed by atoms with Gasteiger partial charge in [-0.05, 0) is 32.0 Å². The molecule has 7 heteroatoms. The van der Waals surface area contributed by atoms with Gasteiger partial charge < -0.3 is 10.2 Å². The predicted molar refractivity (Wildman–Crippen MR) is 95.2 cm³/mol. The molecule has 0 unspecified atom stereocenters. The highest BCUT2D eigenvalue weighted by atomic mass is 16.2. The number of nitrogens with zero attached hydrogens (tertiary/aromatic N) is 4. The van der Waals surface area contributed by atoms with E-state index in [2.05, 4.69) is 25.5 Å². The Labute approximate surface area is 145 Å². The normalized spacial score (nSPS) is 15.3. The molecule has 3 aromatic rings. The maximum Gasteiger partial charge on any atom is 0.274 e. The molecule has 0 saturated carbocycles. The van der Waals surface area contributed by atoms with Gasteiger partial charge in [-0.25, -0.2) is 4.98 Å². The highest BCUT2D eigenvalue weighted by molar-refractivity contribution is 5.92. The second kappa shape index (κ2) is 6.60. The van der Waals surface area contributed by atoms with Crippen molar-refractivity contribution in [2.45, 2.75) is 13.3 Å². The summed E-state index contributed by atoms with van der Waals surface area (Å²) in [5.74, 6) is -0.0520. The fourth-order valence-electron chi connectivity index (χ4n) is 3.10. The van der Waals surface area contributed by atoms with Crippen molar-refractivity contribution in [2.75, 3.05) is 26.2 Å². The molecule has 0 atom stereocenters. The first kappa shape index (κ1) is 15.7. The van der Waals surface area contributed by atoms with E-state index >= 15 is 0 Å². The highest BCUT2D eigenvalue weighted by Gasteiger charge is 2.18. The molecule has 1 aliphatic rings. The lowest BCUT2D eigenvalue weighted by atomic mass is 10.1. The van der Waals surface area contributed by atoms with Crippen LogP contribution in [0.25, 0.3) is 22.2 Å². The Morgan fingerprint density at radius 2 is 2.08 bits per heavy atom. The summed E-state index contributed by atoms with van der Waals surface area (Å²) in [5.41, 5.74) is 4.05.